The van der Waals surface area contributed by atoms with E-state index in [4.69, 9.17) is 4.74 Å². The lowest BCUT2D eigenvalue weighted by atomic mass is 10.2. The summed E-state index contributed by atoms with van der Waals surface area (Å²) in [6.45, 7) is 2.29. The van der Waals surface area contributed by atoms with Crippen LogP contribution in [0.5, 0.6) is 0 Å². The van der Waals surface area contributed by atoms with Crippen LogP contribution >= 0.6 is 11.9 Å². The third-order valence-corrected chi connectivity index (χ3v) is 2.20. The minimum Gasteiger partial charge on any atom is -0.465 e. The molecule has 4 heteroatoms. The average molecular weight is 161 g/mol. The van der Waals surface area contributed by atoms with Gasteiger partial charge in [0.1, 0.15) is 6.04 Å². The Hall–Kier alpha value is -0.220. The standard InChI is InChI=1S/C6H11NO2S/c1-2-9-6(8)5-3-4-10-7-5/h5,7H,2-4H2,1H3. The van der Waals surface area contributed by atoms with Crippen LogP contribution in [0.2, 0.25) is 0 Å². The molecule has 1 aliphatic heterocycles. The van der Waals surface area contributed by atoms with E-state index in [0.29, 0.717) is 6.61 Å². The molecule has 0 aromatic heterocycles. The maximum Gasteiger partial charge on any atom is 0.324 e. The smallest absolute Gasteiger partial charge is 0.324 e. The van der Waals surface area contributed by atoms with Gasteiger partial charge in [-0.15, -0.1) is 0 Å². The minimum atomic E-state index is -0.118. The second-order valence-corrected chi connectivity index (χ2v) is 2.99. The highest BCUT2D eigenvalue weighted by molar-refractivity contribution is 7.97. The van der Waals surface area contributed by atoms with Crippen LogP contribution in [0.25, 0.3) is 0 Å². The van der Waals surface area contributed by atoms with Crippen molar-refractivity contribution in [1.29, 1.82) is 0 Å². The number of rotatable bonds is 2. The van der Waals surface area contributed by atoms with Crippen molar-refractivity contribution in [2.45, 2.75) is 19.4 Å². The van der Waals surface area contributed by atoms with Gasteiger partial charge in [-0.05, 0) is 13.3 Å². The first-order valence-corrected chi connectivity index (χ1v) is 4.37. The Kier molecular flexibility index (Phi) is 3.02. The van der Waals surface area contributed by atoms with E-state index in [0.717, 1.165) is 12.2 Å². The molecule has 3 nitrogen and oxygen atoms in total. The van der Waals surface area contributed by atoms with E-state index >= 15 is 0 Å². The fraction of sp³-hybridized carbons (Fsp3) is 0.833. The van der Waals surface area contributed by atoms with Crippen LogP contribution in [-0.4, -0.2) is 24.4 Å². The number of hydrogen-bond acceptors (Lipinski definition) is 4. The Morgan fingerprint density at radius 2 is 2.70 bits per heavy atom. The highest BCUT2D eigenvalue weighted by atomic mass is 32.2. The maximum absolute atomic E-state index is 10.9. The van der Waals surface area contributed by atoms with Crippen molar-refractivity contribution < 1.29 is 9.53 Å². The summed E-state index contributed by atoms with van der Waals surface area (Å²) in [6.07, 6.45) is 0.892. The highest BCUT2D eigenvalue weighted by Crippen LogP contribution is 2.13. The van der Waals surface area contributed by atoms with Gasteiger partial charge in [0.25, 0.3) is 0 Å². The Labute approximate surface area is 64.6 Å². The SMILES string of the molecule is CCOC(=O)C1CCSN1. The number of hydrogen-bond donors (Lipinski definition) is 1. The third-order valence-electron chi connectivity index (χ3n) is 1.31. The Balaban J connectivity index is 2.25. The van der Waals surface area contributed by atoms with Gasteiger partial charge < -0.3 is 4.74 Å². The number of esters is 1. The molecule has 1 atom stereocenters. The molecule has 0 aromatic carbocycles. The fourth-order valence-corrected chi connectivity index (χ4v) is 1.69. The van der Waals surface area contributed by atoms with Crippen LogP contribution in [-0.2, 0) is 9.53 Å². The Morgan fingerprint density at radius 3 is 3.20 bits per heavy atom. The summed E-state index contributed by atoms with van der Waals surface area (Å²) < 4.78 is 7.79. The largest absolute Gasteiger partial charge is 0.465 e. The van der Waals surface area contributed by atoms with Crippen LogP contribution in [0, 0.1) is 0 Å². The average Bonchev–Trinajstić information content (AvgIpc) is 2.38. The van der Waals surface area contributed by atoms with Gasteiger partial charge in [0.15, 0.2) is 0 Å². The van der Waals surface area contributed by atoms with Gasteiger partial charge in [-0.2, -0.15) is 0 Å². The van der Waals surface area contributed by atoms with Crippen molar-refractivity contribution in [1.82, 2.24) is 4.72 Å². The predicted molar refractivity (Wildman–Crippen MR) is 40.6 cm³/mol. The van der Waals surface area contributed by atoms with E-state index < -0.39 is 0 Å². The van der Waals surface area contributed by atoms with Gasteiger partial charge in [-0.1, -0.05) is 11.9 Å². The molecule has 1 fully saturated rings. The van der Waals surface area contributed by atoms with Crippen molar-refractivity contribution in [3.8, 4) is 0 Å². The molecular weight excluding hydrogens is 150 g/mol. The third kappa shape index (κ3) is 1.88. The molecule has 1 N–H and O–H groups in total. The zero-order valence-corrected chi connectivity index (χ0v) is 6.74. The van der Waals surface area contributed by atoms with E-state index in [1.54, 1.807) is 11.9 Å². The topological polar surface area (TPSA) is 38.3 Å². The minimum absolute atomic E-state index is 0.0649. The molecule has 0 aliphatic carbocycles. The van der Waals surface area contributed by atoms with Gasteiger partial charge in [-0.25, -0.2) is 4.72 Å². The summed E-state index contributed by atoms with van der Waals surface area (Å²) in [7, 11) is 0. The monoisotopic (exact) mass is 161 g/mol. The molecule has 0 amide bonds. The molecule has 0 saturated carbocycles. The van der Waals surface area contributed by atoms with Crippen LogP contribution in [0.4, 0.5) is 0 Å². The molecule has 0 bridgehead atoms. The molecule has 0 spiro atoms. The van der Waals surface area contributed by atoms with Gasteiger partial charge in [0, 0.05) is 5.75 Å². The second-order valence-electron chi connectivity index (χ2n) is 2.06. The molecule has 58 valence electrons. The molecule has 1 aliphatic rings. The molecule has 1 saturated heterocycles. The normalized spacial score (nSPS) is 24.7. The van der Waals surface area contributed by atoms with Gasteiger partial charge in [0.05, 0.1) is 6.61 Å². The zero-order valence-electron chi connectivity index (χ0n) is 5.92. The molecule has 1 unspecified atom stereocenters. The van der Waals surface area contributed by atoms with E-state index in [1.165, 1.54) is 0 Å². The summed E-state index contributed by atoms with van der Waals surface area (Å²) >= 11 is 1.59. The molecule has 10 heavy (non-hydrogen) atoms. The van der Waals surface area contributed by atoms with Crippen molar-refractivity contribution in [2.75, 3.05) is 12.4 Å². The molecule has 0 radical (unpaired) electrons. The first-order chi connectivity index (χ1) is 4.84. The summed E-state index contributed by atoms with van der Waals surface area (Å²) in [4.78, 5) is 10.9. The lowest BCUT2D eigenvalue weighted by molar-refractivity contribution is -0.144. The quantitative estimate of drug-likeness (QED) is 0.474. The van der Waals surface area contributed by atoms with E-state index in [2.05, 4.69) is 4.72 Å². The summed E-state index contributed by atoms with van der Waals surface area (Å²) in [6, 6.07) is -0.0649. The van der Waals surface area contributed by atoms with Crippen LogP contribution in [0.3, 0.4) is 0 Å². The molecule has 0 aromatic rings. The number of ether oxygens (including phenoxy) is 1. The van der Waals surface area contributed by atoms with Crippen molar-refractivity contribution in [3.63, 3.8) is 0 Å². The zero-order chi connectivity index (χ0) is 7.40. The van der Waals surface area contributed by atoms with Crippen molar-refractivity contribution in [2.24, 2.45) is 0 Å². The number of nitrogens with one attached hydrogen (secondary N) is 1. The van der Waals surface area contributed by atoms with E-state index in [-0.39, 0.29) is 12.0 Å². The highest BCUT2D eigenvalue weighted by Gasteiger charge is 2.23. The number of carbonyl (C=O) groups is 1. The fourth-order valence-electron chi connectivity index (χ4n) is 0.804. The lowest BCUT2D eigenvalue weighted by Crippen LogP contribution is -2.29. The predicted octanol–water partition coefficient (Wildman–Crippen LogP) is 0.560. The van der Waals surface area contributed by atoms with Gasteiger partial charge >= 0.3 is 5.97 Å². The van der Waals surface area contributed by atoms with Crippen LogP contribution in [0.1, 0.15) is 13.3 Å². The second kappa shape index (κ2) is 3.83. The Bertz CT molecular complexity index is 123. The first kappa shape index (κ1) is 7.88. The maximum atomic E-state index is 10.9. The Morgan fingerprint density at radius 1 is 1.90 bits per heavy atom. The van der Waals surface area contributed by atoms with Crippen molar-refractivity contribution >= 4 is 17.9 Å². The molecular formula is C6H11NO2S. The summed E-state index contributed by atoms with van der Waals surface area (Å²) in [5.74, 6) is 0.885. The lowest BCUT2D eigenvalue weighted by Gasteiger charge is -2.06. The van der Waals surface area contributed by atoms with Crippen LogP contribution < -0.4 is 4.72 Å². The molecule has 1 heterocycles. The van der Waals surface area contributed by atoms with Gasteiger partial charge in [-0.3, -0.25) is 4.79 Å². The van der Waals surface area contributed by atoms with E-state index in [1.807, 2.05) is 6.92 Å². The first-order valence-electron chi connectivity index (χ1n) is 3.38. The summed E-state index contributed by atoms with van der Waals surface area (Å²) in [5.41, 5.74) is 0. The molecule has 1 rings (SSSR count). The van der Waals surface area contributed by atoms with Crippen molar-refractivity contribution in [3.05, 3.63) is 0 Å². The van der Waals surface area contributed by atoms with E-state index in [9.17, 15) is 4.79 Å². The number of carbonyl (C=O) groups excluding carboxylic acids is 1. The summed E-state index contributed by atoms with van der Waals surface area (Å²) in [5, 5.41) is 0. The van der Waals surface area contributed by atoms with Gasteiger partial charge in [0.2, 0.25) is 0 Å². The van der Waals surface area contributed by atoms with Crippen LogP contribution in [0.15, 0.2) is 0 Å².